The van der Waals surface area contributed by atoms with Crippen molar-refractivity contribution in [2.45, 2.75) is 13.0 Å². The van der Waals surface area contributed by atoms with E-state index in [2.05, 4.69) is 17.3 Å². The van der Waals surface area contributed by atoms with Crippen LogP contribution in [0.5, 0.6) is 5.75 Å². The van der Waals surface area contributed by atoms with Crippen molar-refractivity contribution in [1.82, 2.24) is 10.2 Å². The molecule has 1 unspecified atom stereocenters. The predicted molar refractivity (Wildman–Crippen MR) is 65.9 cm³/mol. The number of piperazine rings is 1. The number of halogens is 1. The molecule has 94 valence electrons. The van der Waals surface area contributed by atoms with Crippen molar-refractivity contribution in [2.24, 2.45) is 0 Å². The first-order chi connectivity index (χ1) is 8.13. The van der Waals surface area contributed by atoms with Crippen molar-refractivity contribution in [3.8, 4) is 5.75 Å². The molecule has 0 aromatic heterocycles. The molecule has 0 spiro atoms. The van der Waals surface area contributed by atoms with E-state index in [1.54, 1.807) is 26.2 Å². The Morgan fingerprint density at radius 1 is 1.47 bits per heavy atom. The van der Waals surface area contributed by atoms with Crippen molar-refractivity contribution >= 4 is 0 Å². The summed E-state index contributed by atoms with van der Waals surface area (Å²) in [6, 6.07) is 3.55. The molecular weight excluding hydrogens is 219 g/mol. The SMILES string of the molecule is COc1cc(C)c(F)cc1C1CNCCN1C. The fourth-order valence-corrected chi connectivity index (χ4v) is 2.26. The summed E-state index contributed by atoms with van der Waals surface area (Å²) in [7, 11) is 3.69. The number of ether oxygens (including phenoxy) is 1. The van der Waals surface area contributed by atoms with Crippen LogP contribution < -0.4 is 10.1 Å². The molecule has 2 rings (SSSR count). The first-order valence-corrected chi connectivity index (χ1v) is 5.88. The molecule has 1 saturated heterocycles. The molecule has 0 saturated carbocycles. The fraction of sp³-hybridized carbons (Fsp3) is 0.538. The molecule has 1 aromatic carbocycles. The molecule has 0 amide bonds. The van der Waals surface area contributed by atoms with Crippen LogP contribution in [0, 0.1) is 12.7 Å². The Morgan fingerprint density at radius 2 is 2.24 bits per heavy atom. The van der Waals surface area contributed by atoms with Crippen LogP contribution in [0.1, 0.15) is 17.2 Å². The predicted octanol–water partition coefficient (Wildman–Crippen LogP) is 1.72. The van der Waals surface area contributed by atoms with Gasteiger partial charge in [0.2, 0.25) is 0 Å². The molecular formula is C13H19FN2O. The number of aryl methyl sites for hydroxylation is 1. The minimum absolute atomic E-state index is 0.167. The number of nitrogens with zero attached hydrogens (tertiary/aromatic N) is 1. The Morgan fingerprint density at radius 3 is 2.88 bits per heavy atom. The Labute approximate surface area is 102 Å². The zero-order valence-electron chi connectivity index (χ0n) is 10.6. The summed E-state index contributed by atoms with van der Waals surface area (Å²) < 4.78 is 19.0. The van der Waals surface area contributed by atoms with E-state index < -0.39 is 0 Å². The Bertz CT molecular complexity index is 409. The second-order valence-electron chi connectivity index (χ2n) is 4.54. The lowest BCUT2D eigenvalue weighted by Crippen LogP contribution is -2.43. The molecule has 1 aliphatic heterocycles. The Hall–Kier alpha value is -1.13. The van der Waals surface area contributed by atoms with Crippen molar-refractivity contribution in [3.05, 3.63) is 29.1 Å². The first-order valence-electron chi connectivity index (χ1n) is 5.88. The van der Waals surface area contributed by atoms with E-state index in [9.17, 15) is 4.39 Å². The molecule has 0 bridgehead atoms. The van der Waals surface area contributed by atoms with E-state index in [1.807, 2.05) is 0 Å². The molecule has 1 aromatic rings. The maximum atomic E-state index is 13.7. The first kappa shape index (κ1) is 12.3. The average Bonchev–Trinajstić information content (AvgIpc) is 2.33. The second-order valence-corrected chi connectivity index (χ2v) is 4.54. The standard InChI is InChI=1S/C13H19FN2O/c1-9-6-13(17-3)10(7-11(9)14)12-8-15-4-5-16(12)2/h6-7,12,15H,4-5,8H2,1-3H3. The van der Waals surface area contributed by atoms with Gasteiger partial charge in [0, 0.05) is 25.2 Å². The van der Waals surface area contributed by atoms with Gasteiger partial charge >= 0.3 is 0 Å². The second kappa shape index (κ2) is 5.02. The zero-order chi connectivity index (χ0) is 12.4. The lowest BCUT2D eigenvalue weighted by Gasteiger charge is -2.34. The maximum Gasteiger partial charge on any atom is 0.126 e. The van der Waals surface area contributed by atoms with Gasteiger partial charge in [-0.1, -0.05) is 0 Å². The summed E-state index contributed by atoms with van der Waals surface area (Å²) in [4.78, 5) is 2.23. The van der Waals surface area contributed by atoms with E-state index in [4.69, 9.17) is 4.74 Å². The topological polar surface area (TPSA) is 24.5 Å². The van der Waals surface area contributed by atoms with E-state index >= 15 is 0 Å². The van der Waals surface area contributed by atoms with Crippen LogP contribution in [0.25, 0.3) is 0 Å². The molecule has 0 radical (unpaired) electrons. The molecule has 0 aliphatic carbocycles. The number of methoxy groups -OCH3 is 1. The van der Waals surface area contributed by atoms with Gasteiger partial charge < -0.3 is 10.1 Å². The van der Waals surface area contributed by atoms with Crippen LogP contribution in [-0.4, -0.2) is 38.7 Å². The molecule has 1 N–H and O–H groups in total. The number of hydrogen-bond donors (Lipinski definition) is 1. The van der Waals surface area contributed by atoms with E-state index in [1.165, 1.54) is 0 Å². The molecule has 4 heteroatoms. The van der Waals surface area contributed by atoms with Gasteiger partial charge in [0.25, 0.3) is 0 Å². The van der Waals surface area contributed by atoms with Crippen molar-refractivity contribution in [1.29, 1.82) is 0 Å². The third kappa shape index (κ3) is 2.42. The summed E-state index contributed by atoms with van der Waals surface area (Å²) >= 11 is 0. The molecule has 17 heavy (non-hydrogen) atoms. The highest BCUT2D eigenvalue weighted by molar-refractivity contribution is 5.40. The Kier molecular flexibility index (Phi) is 3.64. The largest absolute Gasteiger partial charge is 0.496 e. The fourth-order valence-electron chi connectivity index (χ4n) is 2.26. The van der Waals surface area contributed by atoms with Crippen molar-refractivity contribution in [3.63, 3.8) is 0 Å². The monoisotopic (exact) mass is 238 g/mol. The highest BCUT2D eigenvalue weighted by Gasteiger charge is 2.24. The van der Waals surface area contributed by atoms with E-state index in [-0.39, 0.29) is 11.9 Å². The summed E-state index contributed by atoms with van der Waals surface area (Å²) in [6.07, 6.45) is 0. The van der Waals surface area contributed by atoms with Crippen LogP contribution in [0.15, 0.2) is 12.1 Å². The Balaban J connectivity index is 2.38. The number of likely N-dealkylation sites (N-methyl/N-ethyl adjacent to an activating group) is 1. The normalized spacial score (nSPS) is 21.5. The third-order valence-corrected chi connectivity index (χ3v) is 3.38. The van der Waals surface area contributed by atoms with Gasteiger partial charge in [0.05, 0.1) is 13.2 Å². The van der Waals surface area contributed by atoms with Crippen molar-refractivity contribution in [2.75, 3.05) is 33.8 Å². The van der Waals surface area contributed by atoms with Crippen molar-refractivity contribution < 1.29 is 9.13 Å². The van der Waals surface area contributed by atoms with Gasteiger partial charge in [0.1, 0.15) is 11.6 Å². The van der Waals surface area contributed by atoms with Crippen LogP contribution in [0.3, 0.4) is 0 Å². The number of hydrogen-bond acceptors (Lipinski definition) is 3. The van der Waals surface area contributed by atoms with Gasteiger partial charge in [-0.3, -0.25) is 4.90 Å². The van der Waals surface area contributed by atoms with Crippen LogP contribution in [0.4, 0.5) is 4.39 Å². The number of nitrogens with one attached hydrogen (secondary N) is 1. The summed E-state index contributed by atoms with van der Waals surface area (Å²) in [6.45, 7) is 4.52. The smallest absolute Gasteiger partial charge is 0.126 e. The van der Waals surface area contributed by atoms with E-state index in [0.717, 1.165) is 30.9 Å². The minimum atomic E-state index is -0.167. The zero-order valence-corrected chi connectivity index (χ0v) is 10.6. The lowest BCUT2D eigenvalue weighted by atomic mass is 10.0. The highest BCUT2D eigenvalue weighted by atomic mass is 19.1. The van der Waals surface area contributed by atoms with Gasteiger partial charge in [-0.2, -0.15) is 0 Å². The quantitative estimate of drug-likeness (QED) is 0.849. The summed E-state index contributed by atoms with van der Waals surface area (Å²) in [5, 5.41) is 3.33. The third-order valence-electron chi connectivity index (χ3n) is 3.38. The maximum absolute atomic E-state index is 13.7. The number of benzene rings is 1. The highest BCUT2D eigenvalue weighted by Crippen LogP contribution is 2.31. The number of rotatable bonds is 2. The van der Waals surface area contributed by atoms with E-state index in [0.29, 0.717) is 5.56 Å². The van der Waals surface area contributed by atoms with Gasteiger partial charge in [0.15, 0.2) is 0 Å². The summed E-state index contributed by atoms with van der Waals surface area (Å²) in [5.41, 5.74) is 1.54. The molecule has 1 atom stereocenters. The van der Waals surface area contributed by atoms with Gasteiger partial charge in [-0.15, -0.1) is 0 Å². The van der Waals surface area contributed by atoms with Gasteiger partial charge in [-0.05, 0) is 31.7 Å². The summed E-state index contributed by atoms with van der Waals surface area (Å²) in [5.74, 6) is 0.601. The van der Waals surface area contributed by atoms with Gasteiger partial charge in [-0.25, -0.2) is 4.39 Å². The molecule has 1 fully saturated rings. The van der Waals surface area contributed by atoms with Crippen LogP contribution in [-0.2, 0) is 0 Å². The lowest BCUT2D eigenvalue weighted by molar-refractivity contribution is 0.198. The molecule has 1 aliphatic rings. The van der Waals surface area contributed by atoms with Crippen LogP contribution in [0.2, 0.25) is 0 Å². The van der Waals surface area contributed by atoms with Crippen LogP contribution >= 0.6 is 0 Å². The minimum Gasteiger partial charge on any atom is -0.496 e. The molecule has 3 nitrogen and oxygen atoms in total. The molecule has 1 heterocycles. The average molecular weight is 238 g/mol.